The predicted octanol–water partition coefficient (Wildman–Crippen LogP) is 2.09. The third-order valence-corrected chi connectivity index (χ3v) is 2.52. The molecule has 1 unspecified atom stereocenters. The minimum absolute atomic E-state index is 0.238. The van der Waals surface area contributed by atoms with Crippen LogP contribution in [0.1, 0.15) is 15.5 Å². The molecule has 1 heterocycles. The summed E-state index contributed by atoms with van der Waals surface area (Å²) in [6, 6.07) is 0. The van der Waals surface area contributed by atoms with Crippen molar-refractivity contribution in [1.29, 1.82) is 0 Å². The summed E-state index contributed by atoms with van der Waals surface area (Å²) in [6.45, 7) is 1.92. The number of hydrogen-bond acceptors (Lipinski definition) is 3. The molecule has 0 aliphatic carbocycles. The van der Waals surface area contributed by atoms with Crippen molar-refractivity contribution in [3.8, 4) is 0 Å². The zero-order valence-electron chi connectivity index (χ0n) is 5.37. The minimum atomic E-state index is -0.238. The molecule has 1 aromatic rings. The summed E-state index contributed by atoms with van der Waals surface area (Å²) in [5, 5.41) is 2.87. The van der Waals surface area contributed by atoms with E-state index in [2.05, 4.69) is 20.9 Å². The van der Waals surface area contributed by atoms with Crippen LogP contribution in [-0.4, -0.2) is 11.3 Å². The maximum Gasteiger partial charge on any atom is 0.139 e. The molecule has 0 aliphatic rings. The number of hydrogen-bond donors (Lipinski definition) is 0. The fourth-order valence-electron chi connectivity index (χ4n) is 0.577. The van der Waals surface area contributed by atoms with E-state index in [0.717, 1.165) is 17.0 Å². The quantitative estimate of drug-likeness (QED) is 0.564. The normalized spacial score (nSPS) is 13.0. The van der Waals surface area contributed by atoms with Crippen molar-refractivity contribution >= 4 is 33.6 Å². The molecule has 0 aromatic carbocycles. The van der Waals surface area contributed by atoms with Crippen LogP contribution in [0, 0.1) is 6.92 Å². The van der Waals surface area contributed by atoms with E-state index in [1.165, 1.54) is 0 Å². The molecule has 0 saturated carbocycles. The third kappa shape index (κ3) is 1.64. The van der Waals surface area contributed by atoms with Crippen LogP contribution in [0.25, 0.3) is 0 Å². The molecule has 0 radical (unpaired) electrons. The van der Waals surface area contributed by atoms with Gasteiger partial charge in [0, 0.05) is 5.38 Å². The van der Waals surface area contributed by atoms with E-state index in [-0.39, 0.29) is 4.83 Å². The van der Waals surface area contributed by atoms with Crippen molar-refractivity contribution in [2.75, 3.05) is 0 Å². The first kappa shape index (κ1) is 7.88. The fourth-order valence-corrected chi connectivity index (χ4v) is 1.63. The first-order valence-corrected chi connectivity index (χ1v) is 4.55. The highest BCUT2D eigenvalue weighted by atomic mass is 79.9. The summed E-state index contributed by atoms with van der Waals surface area (Å²) in [5.74, 6) is 0. The molecular formula is C6H6BrNOS. The van der Waals surface area contributed by atoms with Gasteiger partial charge in [-0.15, -0.1) is 11.3 Å². The molecule has 0 fully saturated rings. The van der Waals surface area contributed by atoms with Gasteiger partial charge in [-0.3, -0.25) is 0 Å². The Balaban J connectivity index is 2.84. The zero-order valence-corrected chi connectivity index (χ0v) is 7.78. The number of carbonyl (C=O) groups is 1. The summed E-state index contributed by atoms with van der Waals surface area (Å²) in [5.41, 5.74) is 0.803. The summed E-state index contributed by atoms with van der Waals surface area (Å²) in [6.07, 6.45) is 0.828. The second-order valence-corrected chi connectivity index (χ2v) is 3.88. The van der Waals surface area contributed by atoms with Gasteiger partial charge in [-0.2, -0.15) is 0 Å². The first-order chi connectivity index (χ1) is 4.74. The molecule has 1 rings (SSSR count). The number of nitrogens with zero attached hydrogens (tertiary/aromatic N) is 1. The van der Waals surface area contributed by atoms with Crippen molar-refractivity contribution in [2.45, 2.75) is 11.8 Å². The van der Waals surface area contributed by atoms with Crippen LogP contribution in [-0.2, 0) is 4.79 Å². The van der Waals surface area contributed by atoms with Gasteiger partial charge >= 0.3 is 0 Å². The molecule has 0 amide bonds. The number of thiazole rings is 1. The molecule has 0 N–H and O–H groups in total. The molecule has 0 spiro atoms. The lowest BCUT2D eigenvalue weighted by Gasteiger charge is -1.91. The largest absolute Gasteiger partial charge is 0.302 e. The van der Waals surface area contributed by atoms with E-state index in [1.807, 2.05) is 12.3 Å². The highest BCUT2D eigenvalue weighted by molar-refractivity contribution is 9.09. The minimum Gasteiger partial charge on any atom is -0.302 e. The van der Waals surface area contributed by atoms with Crippen LogP contribution in [0.2, 0.25) is 0 Å². The number of alkyl halides is 1. The van der Waals surface area contributed by atoms with Crippen molar-refractivity contribution in [2.24, 2.45) is 0 Å². The number of aryl methyl sites for hydroxylation is 1. The van der Waals surface area contributed by atoms with Gasteiger partial charge in [0.2, 0.25) is 0 Å². The molecular weight excluding hydrogens is 214 g/mol. The fraction of sp³-hybridized carbons (Fsp3) is 0.333. The van der Waals surface area contributed by atoms with Crippen LogP contribution in [0.4, 0.5) is 0 Å². The van der Waals surface area contributed by atoms with E-state index in [9.17, 15) is 4.79 Å². The van der Waals surface area contributed by atoms with Gasteiger partial charge in [0.05, 0.1) is 10.7 Å². The van der Waals surface area contributed by atoms with Crippen molar-refractivity contribution in [3.05, 3.63) is 16.1 Å². The predicted molar refractivity (Wildman–Crippen MR) is 44.6 cm³/mol. The van der Waals surface area contributed by atoms with E-state index in [4.69, 9.17) is 0 Å². The summed E-state index contributed by atoms with van der Waals surface area (Å²) in [7, 11) is 0. The first-order valence-electron chi connectivity index (χ1n) is 2.75. The molecule has 2 nitrogen and oxygen atoms in total. The van der Waals surface area contributed by atoms with E-state index < -0.39 is 0 Å². The Morgan fingerprint density at radius 2 is 2.60 bits per heavy atom. The van der Waals surface area contributed by atoms with Gasteiger partial charge in [-0.25, -0.2) is 4.98 Å². The Bertz CT molecular complexity index is 235. The number of halogens is 1. The Morgan fingerprint density at radius 1 is 1.90 bits per heavy atom. The van der Waals surface area contributed by atoms with Gasteiger partial charge in [0.25, 0.3) is 0 Å². The average Bonchev–Trinajstić information content (AvgIpc) is 2.34. The number of carbonyl (C=O) groups excluding carboxylic acids is 1. The number of aromatic nitrogens is 1. The highest BCUT2D eigenvalue weighted by Gasteiger charge is 2.07. The third-order valence-electron chi connectivity index (χ3n) is 1.04. The summed E-state index contributed by atoms with van der Waals surface area (Å²) < 4.78 is 0. The molecule has 54 valence electrons. The maximum absolute atomic E-state index is 10.2. The van der Waals surface area contributed by atoms with Crippen LogP contribution in [0.3, 0.4) is 0 Å². The van der Waals surface area contributed by atoms with Crippen molar-refractivity contribution in [1.82, 2.24) is 4.98 Å². The second-order valence-electron chi connectivity index (χ2n) is 1.83. The molecule has 1 atom stereocenters. The van der Waals surface area contributed by atoms with E-state index >= 15 is 0 Å². The van der Waals surface area contributed by atoms with Gasteiger partial charge in [-0.1, -0.05) is 15.9 Å². The van der Waals surface area contributed by atoms with Gasteiger partial charge in [0.15, 0.2) is 0 Å². The molecule has 0 saturated heterocycles. The standard InChI is InChI=1S/C6H6BrNOS/c1-4-8-6(3-10-4)5(7)2-9/h2-3,5H,1H3. The average molecular weight is 220 g/mol. The molecule has 10 heavy (non-hydrogen) atoms. The topological polar surface area (TPSA) is 30.0 Å². The van der Waals surface area contributed by atoms with Crippen LogP contribution in [0.15, 0.2) is 5.38 Å². The van der Waals surface area contributed by atoms with Gasteiger partial charge in [0.1, 0.15) is 11.1 Å². The van der Waals surface area contributed by atoms with Crippen LogP contribution < -0.4 is 0 Å². The van der Waals surface area contributed by atoms with Crippen molar-refractivity contribution in [3.63, 3.8) is 0 Å². The number of aldehydes is 1. The SMILES string of the molecule is Cc1nc(C(Br)C=O)cs1. The Labute approximate surface area is 71.4 Å². The van der Waals surface area contributed by atoms with E-state index in [0.29, 0.717) is 0 Å². The monoisotopic (exact) mass is 219 g/mol. The van der Waals surface area contributed by atoms with Gasteiger partial charge in [-0.05, 0) is 6.92 Å². The second kappa shape index (κ2) is 3.25. The lowest BCUT2D eigenvalue weighted by Crippen LogP contribution is -1.89. The Morgan fingerprint density at radius 3 is 3.00 bits per heavy atom. The Hall–Kier alpha value is -0.220. The lowest BCUT2D eigenvalue weighted by molar-refractivity contribution is -0.107. The Kier molecular flexibility index (Phi) is 2.56. The number of rotatable bonds is 2. The molecule has 0 bridgehead atoms. The summed E-state index contributed by atoms with van der Waals surface area (Å²) in [4.78, 5) is 14.1. The van der Waals surface area contributed by atoms with Gasteiger partial charge < -0.3 is 4.79 Å². The zero-order chi connectivity index (χ0) is 7.56. The molecule has 1 aromatic heterocycles. The molecule has 4 heteroatoms. The summed E-state index contributed by atoms with van der Waals surface area (Å²) >= 11 is 4.72. The van der Waals surface area contributed by atoms with Crippen LogP contribution >= 0.6 is 27.3 Å². The smallest absolute Gasteiger partial charge is 0.139 e. The van der Waals surface area contributed by atoms with Crippen molar-refractivity contribution < 1.29 is 4.79 Å². The molecule has 0 aliphatic heterocycles. The van der Waals surface area contributed by atoms with Crippen LogP contribution in [0.5, 0.6) is 0 Å². The highest BCUT2D eigenvalue weighted by Crippen LogP contribution is 2.21. The lowest BCUT2D eigenvalue weighted by atomic mass is 10.4. The maximum atomic E-state index is 10.2. The van der Waals surface area contributed by atoms with E-state index in [1.54, 1.807) is 11.3 Å².